The van der Waals surface area contributed by atoms with Gasteiger partial charge in [0.15, 0.2) is 5.69 Å². The van der Waals surface area contributed by atoms with Crippen molar-refractivity contribution in [1.82, 2.24) is 19.6 Å². The second-order valence-electron chi connectivity index (χ2n) is 6.64. The molecule has 0 aliphatic carbocycles. The summed E-state index contributed by atoms with van der Waals surface area (Å²) in [6.45, 7) is 1.91. The molecule has 2 heterocycles. The number of nitrogens with one attached hydrogen (secondary N) is 1. The van der Waals surface area contributed by atoms with Gasteiger partial charge in [-0.3, -0.25) is 4.79 Å². The average molecular weight is 429 g/mol. The fourth-order valence-corrected chi connectivity index (χ4v) is 3.06. The van der Waals surface area contributed by atoms with Crippen molar-refractivity contribution in [3.63, 3.8) is 0 Å². The fraction of sp³-hybridized carbons (Fsp3) is 0.143. The first-order valence-electron chi connectivity index (χ1n) is 9.26. The van der Waals surface area contributed by atoms with Crippen LogP contribution in [0.15, 0.2) is 54.6 Å². The van der Waals surface area contributed by atoms with E-state index in [-0.39, 0.29) is 11.3 Å². The minimum atomic E-state index is -4.79. The highest BCUT2D eigenvalue weighted by Gasteiger charge is 2.36. The van der Waals surface area contributed by atoms with Gasteiger partial charge in [-0.2, -0.15) is 22.7 Å². The van der Waals surface area contributed by atoms with Crippen molar-refractivity contribution < 1.29 is 22.4 Å². The quantitative estimate of drug-likeness (QED) is 0.475. The largest absolute Gasteiger partial charge is 0.433 e. The van der Waals surface area contributed by atoms with Gasteiger partial charge in [0.2, 0.25) is 5.82 Å². The predicted octanol–water partition coefficient (Wildman–Crippen LogP) is 4.76. The Hall–Kier alpha value is -3.82. The zero-order valence-corrected chi connectivity index (χ0v) is 16.1. The minimum absolute atomic E-state index is 0.0736. The molecule has 0 radical (unpaired) electrons. The van der Waals surface area contributed by atoms with E-state index in [0.717, 1.165) is 23.8 Å². The lowest BCUT2D eigenvalue weighted by molar-refractivity contribution is -0.142. The Morgan fingerprint density at radius 3 is 2.45 bits per heavy atom. The van der Waals surface area contributed by atoms with Gasteiger partial charge in [0.1, 0.15) is 5.82 Å². The Labute approximate surface area is 173 Å². The Kier molecular flexibility index (Phi) is 5.14. The summed E-state index contributed by atoms with van der Waals surface area (Å²) in [7, 11) is 0. The fourth-order valence-electron chi connectivity index (χ4n) is 3.06. The number of nitrogens with zero attached hydrogens (tertiary/aromatic N) is 4. The number of benzene rings is 2. The molecule has 4 rings (SSSR count). The maximum absolute atomic E-state index is 13.7. The molecular weight excluding hydrogens is 414 g/mol. The number of carbonyl (C=O) groups is 1. The van der Waals surface area contributed by atoms with Crippen molar-refractivity contribution >= 4 is 17.4 Å². The van der Waals surface area contributed by atoms with Crippen LogP contribution in [0.5, 0.6) is 0 Å². The van der Waals surface area contributed by atoms with E-state index in [1.165, 1.54) is 12.1 Å². The van der Waals surface area contributed by atoms with Gasteiger partial charge >= 0.3 is 6.18 Å². The molecule has 0 saturated heterocycles. The monoisotopic (exact) mass is 429 g/mol. The SMILES string of the molecule is CCc1ccccc1NC(=O)c1nc2nc(-c3ccc(F)cc3)cc(C(F)(F)F)n2n1. The van der Waals surface area contributed by atoms with E-state index >= 15 is 0 Å². The summed E-state index contributed by atoms with van der Waals surface area (Å²) >= 11 is 0. The van der Waals surface area contributed by atoms with Crippen molar-refractivity contribution in [3.8, 4) is 11.3 Å². The Morgan fingerprint density at radius 2 is 1.77 bits per heavy atom. The molecule has 10 heteroatoms. The molecule has 0 spiro atoms. The maximum atomic E-state index is 13.7. The number of anilines is 1. The van der Waals surface area contributed by atoms with E-state index in [1.807, 2.05) is 19.1 Å². The van der Waals surface area contributed by atoms with E-state index in [9.17, 15) is 22.4 Å². The Morgan fingerprint density at radius 1 is 1.06 bits per heavy atom. The number of fused-ring (bicyclic) bond motifs is 1. The van der Waals surface area contributed by atoms with Crippen molar-refractivity contribution in [2.75, 3.05) is 5.32 Å². The third-order valence-corrected chi connectivity index (χ3v) is 4.59. The van der Waals surface area contributed by atoms with Crippen LogP contribution in [-0.4, -0.2) is 25.5 Å². The molecule has 0 aliphatic heterocycles. The van der Waals surface area contributed by atoms with Gasteiger partial charge in [-0.1, -0.05) is 25.1 Å². The average Bonchev–Trinajstić information content (AvgIpc) is 3.17. The molecule has 31 heavy (non-hydrogen) atoms. The zero-order chi connectivity index (χ0) is 22.2. The molecule has 0 fully saturated rings. The third-order valence-electron chi connectivity index (χ3n) is 4.59. The number of hydrogen-bond acceptors (Lipinski definition) is 4. The van der Waals surface area contributed by atoms with Crippen LogP contribution in [0.3, 0.4) is 0 Å². The Bertz CT molecular complexity index is 1270. The van der Waals surface area contributed by atoms with Gasteiger partial charge in [-0.15, -0.1) is 5.10 Å². The molecule has 158 valence electrons. The van der Waals surface area contributed by atoms with E-state index in [1.54, 1.807) is 12.1 Å². The molecule has 1 N–H and O–H groups in total. The summed E-state index contributed by atoms with van der Waals surface area (Å²) in [5, 5.41) is 6.35. The number of alkyl halides is 3. The summed E-state index contributed by atoms with van der Waals surface area (Å²) in [5.41, 5.74) is 0.408. The van der Waals surface area contributed by atoms with E-state index in [4.69, 9.17) is 0 Å². The van der Waals surface area contributed by atoms with Gasteiger partial charge in [0, 0.05) is 11.3 Å². The summed E-state index contributed by atoms with van der Waals surface area (Å²) in [6.07, 6.45) is -4.14. The van der Waals surface area contributed by atoms with Crippen LogP contribution in [0.1, 0.15) is 28.8 Å². The molecule has 4 aromatic rings. The van der Waals surface area contributed by atoms with Gasteiger partial charge in [0.25, 0.3) is 11.7 Å². The van der Waals surface area contributed by atoms with Crippen molar-refractivity contribution in [2.45, 2.75) is 19.5 Å². The predicted molar refractivity (Wildman–Crippen MR) is 105 cm³/mol. The van der Waals surface area contributed by atoms with E-state index in [2.05, 4.69) is 20.4 Å². The molecule has 0 atom stereocenters. The summed E-state index contributed by atoms with van der Waals surface area (Å²) in [6, 6.07) is 12.7. The number of aromatic nitrogens is 4. The summed E-state index contributed by atoms with van der Waals surface area (Å²) in [5.74, 6) is -2.15. The summed E-state index contributed by atoms with van der Waals surface area (Å²) in [4.78, 5) is 20.6. The molecular formula is C21H15F4N5O. The van der Waals surface area contributed by atoms with Crippen molar-refractivity contribution in [2.24, 2.45) is 0 Å². The van der Waals surface area contributed by atoms with Gasteiger partial charge in [-0.05, 0) is 48.4 Å². The van der Waals surface area contributed by atoms with Gasteiger partial charge in [-0.25, -0.2) is 9.37 Å². The highest BCUT2D eigenvalue weighted by Crippen LogP contribution is 2.32. The lowest BCUT2D eigenvalue weighted by Crippen LogP contribution is -2.16. The highest BCUT2D eigenvalue weighted by atomic mass is 19.4. The zero-order valence-electron chi connectivity index (χ0n) is 16.1. The van der Waals surface area contributed by atoms with Gasteiger partial charge < -0.3 is 5.32 Å². The van der Waals surface area contributed by atoms with Crippen molar-refractivity contribution in [1.29, 1.82) is 0 Å². The third kappa shape index (κ3) is 4.09. The Balaban J connectivity index is 1.78. The minimum Gasteiger partial charge on any atom is -0.319 e. The lowest BCUT2D eigenvalue weighted by Gasteiger charge is -2.10. The second kappa shape index (κ2) is 7.78. The number of aryl methyl sites for hydroxylation is 1. The van der Waals surface area contributed by atoms with E-state index in [0.29, 0.717) is 16.6 Å². The highest BCUT2D eigenvalue weighted by molar-refractivity contribution is 6.02. The van der Waals surface area contributed by atoms with Crippen LogP contribution < -0.4 is 5.32 Å². The topological polar surface area (TPSA) is 72.2 Å². The standard InChI is InChI=1S/C21H15F4N5O/c1-2-12-5-3-4-6-15(12)26-19(31)18-28-20-27-16(13-7-9-14(22)10-8-13)11-17(21(23,24)25)30(20)29-18/h3-11H,2H2,1H3,(H,26,31). The first-order chi connectivity index (χ1) is 14.8. The molecule has 0 unspecified atom stereocenters. The second-order valence-corrected chi connectivity index (χ2v) is 6.64. The maximum Gasteiger partial charge on any atom is 0.433 e. The van der Waals surface area contributed by atoms with Gasteiger partial charge in [0.05, 0.1) is 5.69 Å². The molecule has 2 aromatic carbocycles. The molecule has 6 nitrogen and oxygen atoms in total. The molecule has 2 aromatic heterocycles. The van der Waals surface area contributed by atoms with E-state index < -0.39 is 35.2 Å². The number of hydrogen-bond donors (Lipinski definition) is 1. The van der Waals surface area contributed by atoms with Crippen LogP contribution >= 0.6 is 0 Å². The van der Waals surface area contributed by atoms with Crippen LogP contribution in [0, 0.1) is 5.82 Å². The first kappa shape index (κ1) is 20.5. The number of para-hydroxylation sites is 1. The molecule has 0 bridgehead atoms. The van der Waals surface area contributed by atoms with Crippen LogP contribution in [0.4, 0.5) is 23.2 Å². The van der Waals surface area contributed by atoms with Crippen LogP contribution in [-0.2, 0) is 12.6 Å². The van der Waals surface area contributed by atoms with Crippen LogP contribution in [0.2, 0.25) is 0 Å². The molecule has 1 amide bonds. The van der Waals surface area contributed by atoms with Crippen LogP contribution in [0.25, 0.3) is 17.0 Å². The first-order valence-corrected chi connectivity index (χ1v) is 9.26. The summed E-state index contributed by atoms with van der Waals surface area (Å²) < 4.78 is 54.6. The lowest BCUT2D eigenvalue weighted by atomic mass is 10.1. The number of amides is 1. The van der Waals surface area contributed by atoms with Crippen molar-refractivity contribution in [3.05, 3.63) is 77.5 Å². The number of carbonyl (C=O) groups excluding carboxylic acids is 1. The number of rotatable bonds is 4. The smallest absolute Gasteiger partial charge is 0.319 e. The normalized spacial score (nSPS) is 11.6. The molecule has 0 aliphatic rings. The number of halogens is 4. The molecule has 0 saturated carbocycles.